The van der Waals surface area contributed by atoms with Crippen LogP contribution in [0.1, 0.15) is 23.7 Å². The van der Waals surface area contributed by atoms with Gasteiger partial charge in [-0.05, 0) is 12.5 Å². The molecule has 0 saturated carbocycles. The monoisotopic (exact) mass is 253 g/mol. The van der Waals surface area contributed by atoms with E-state index in [2.05, 4.69) is 5.32 Å². The third-order valence-electron chi connectivity index (χ3n) is 2.42. The summed E-state index contributed by atoms with van der Waals surface area (Å²) < 4.78 is 1.39. The normalized spacial score (nSPS) is 11.9. The number of thiocarbonyl (C=S) groups is 1. The number of rotatable bonds is 4. The molecule has 0 aliphatic heterocycles. The maximum atomic E-state index is 11.8. The maximum Gasteiger partial charge on any atom is 0.252 e. The number of amides is 1. The van der Waals surface area contributed by atoms with Crippen molar-refractivity contribution in [1.29, 1.82) is 0 Å². The Balaban J connectivity index is 2.86. The summed E-state index contributed by atoms with van der Waals surface area (Å²) in [6, 6.07) is 2.51. The number of nitrogens with two attached hydrogens (primary N) is 1. The fourth-order valence-electron chi connectivity index (χ4n) is 1.31. The molecule has 6 heteroatoms. The Morgan fingerprint density at radius 1 is 1.65 bits per heavy atom. The number of hydrogen-bond acceptors (Lipinski definition) is 3. The van der Waals surface area contributed by atoms with Crippen LogP contribution in [-0.2, 0) is 7.05 Å². The smallest absolute Gasteiger partial charge is 0.252 e. The van der Waals surface area contributed by atoms with Gasteiger partial charge in [0.2, 0.25) is 0 Å². The van der Waals surface area contributed by atoms with Crippen molar-refractivity contribution in [2.45, 2.75) is 19.4 Å². The average Bonchev–Trinajstić information content (AvgIpc) is 2.28. The fourth-order valence-corrected chi connectivity index (χ4v) is 1.53. The summed E-state index contributed by atoms with van der Waals surface area (Å²) in [7, 11) is 1.62. The minimum atomic E-state index is -0.346. The van der Waals surface area contributed by atoms with Gasteiger partial charge in [0, 0.05) is 24.9 Å². The molecule has 17 heavy (non-hydrogen) atoms. The summed E-state index contributed by atoms with van der Waals surface area (Å²) in [6.07, 6.45) is 2.16. The molecule has 1 rings (SSSR count). The SMILES string of the molecule is CCC(NC(=O)c1ccn(C)c(=O)c1)C(N)=S. The van der Waals surface area contributed by atoms with Gasteiger partial charge in [-0.25, -0.2) is 0 Å². The first-order chi connectivity index (χ1) is 7.95. The van der Waals surface area contributed by atoms with Crippen molar-refractivity contribution >= 4 is 23.1 Å². The lowest BCUT2D eigenvalue weighted by Crippen LogP contribution is -2.43. The molecule has 92 valence electrons. The molecule has 0 aromatic carbocycles. The summed E-state index contributed by atoms with van der Waals surface area (Å²) in [4.78, 5) is 23.4. The van der Waals surface area contributed by atoms with Crippen molar-refractivity contribution in [2.75, 3.05) is 0 Å². The molecule has 1 aromatic heterocycles. The van der Waals surface area contributed by atoms with Gasteiger partial charge in [-0.1, -0.05) is 19.1 Å². The second-order valence-corrected chi connectivity index (χ2v) is 4.17. The number of nitrogens with zero attached hydrogens (tertiary/aromatic N) is 1. The number of aromatic nitrogens is 1. The van der Waals surface area contributed by atoms with E-state index in [1.165, 1.54) is 10.6 Å². The molecule has 5 nitrogen and oxygen atoms in total. The first-order valence-corrected chi connectivity index (χ1v) is 5.63. The van der Waals surface area contributed by atoms with Crippen LogP contribution in [0, 0.1) is 0 Å². The topological polar surface area (TPSA) is 77.1 Å². The molecule has 1 atom stereocenters. The summed E-state index contributed by atoms with van der Waals surface area (Å²) >= 11 is 4.83. The van der Waals surface area contributed by atoms with Crippen LogP contribution in [0.5, 0.6) is 0 Å². The van der Waals surface area contributed by atoms with E-state index in [4.69, 9.17) is 18.0 Å². The van der Waals surface area contributed by atoms with Crippen LogP contribution in [0.4, 0.5) is 0 Å². The van der Waals surface area contributed by atoms with Gasteiger partial charge in [-0.15, -0.1) is 0 Å². The zero-order chi connectivity index (χ0) is 13.0. The van der Waals surface area contributed by atoms with Crippen molar-refractivity contribution in [3.63, 3.8) is 0 Å². The second-order valence-electron chi connectivity index (χ2n) is 3.70. The first kappa shape index (κ1) is 13.4. The molecular formula is C11H15N3O2S. The van der Waals surface area contributed by atoms with E-state index in [0.717, 1.165) is 0 Å². The number of carbonyl (C=O) groups excluding carboxylic acids is 1. The minimum absolute atomic E-state index is 0.235. The van der Waals surface area contributed by atoms with Gasteiger partial charge >= 0.3 is 0 Å². The third kappa shape index (κ3) is 3.39. The number of carbonyl (C=O) groups is 1. The van der Waals surface area contributed by atoms with E-state index in [9.17, 15) is 9.59 Å². The zero-order valence-electron chi connectivity index (χ0n) is 9.77. The lowest BCUT2D eigenvalue weighted by molar-refractivity contribution is 0.0946. The van der Waals surface area contributed by atoms with E-state index in [1.54, 1.807) is 19.3 Å². The largest absolute Gasteiger partial charge is 0.392 e. The molecular weight excluding hydrogens is 238 g/mol. The third-order valence-corrected chi connectivity index (χ3v) is 2.71. The van der Waals surface area contributed by atoms with Crippen molar-refractivity contribution in [3.05, 3.63) is 34.2 Å². The quantitative estimate of drug-likeness (QED) is 0.750. The standard InChI is InChI=1S/C11H15N3O2S/c1-3-8(10(12)17)13-11(16)7-4-5-14(2)9(15)6-7/h4-6,8H,3H2,1-2H3,(H2,12,17)(H,13,16). The van der Waals surface area contributed by atoms with Crippen LogP contribution in [0.15, 0.2) is 23.1 Å². The predicted octanol–water partition coefficient (Wildman–Crippen LogP) is 0.180. The highest BCUT2D eigenvalue weighted by Gasteiger charge is 2.14. The highest BCUT2D eigenvalue weighted by molar-refractivity contribution is 7.80. The highest BCUT2D eigenvalue weighted by atomic mass is 32.1. The Morgan fingerprint density at radius 2 is 2.29 bits per heavy atom. The Labute approximate surface area is 105 Å². The molecule has 0 bridgehead atoms. The van der Waals surface area contributed by atoms with E-state index >= 15 is 0 Å². The van der Waals surface area contributed by atoms with Gasteiger partial charge < -0.3 is 15.6 Å². The van der Waals surface area contributed by atoms with Crippen molar-refractivity contribution in [1.82, 2.24) is 9.88 Å². The van der Waals surface area contributed by atoms with Gasteiger partial charge in [0.15, 0.2) is 0 Å². The minimum Gasteiger partial charge on any atom is -0.392 e. The average molecular weight is 253 g/mol. The molecule has 0 aliphatic carbocycles. The van der Waals surface area contributed by atoms with E-state index in [1.807, 2.05) is 6.92 Å². The molecule has 0 radical (unpaired) electrons. The van der Waals surface area contributed by atoms with Crippen LogP contribution < -0.4 is 16.6 Å². The molecule has 1 unspecified atom stereocenters. The summed E-state index contributed by atoms with van der Waals surface area (Å²) in [5, 5.41) is 2.68. The van der Waals surface area contributed by atoms with Crippen LogP contribution in [0.2, 0.25) is 0 Å². The lowest BCUT2D eigenvalue weighted by Gasteiger charge is -2.15. The van der Waals surface area contributed by atoms with Gasteiger partial charge in [0.25, 0.3) is 11.5 Å². The first-order valence-electron chi connectivity index (χ1n) is 5.22. The molecule has 3 N–H and O–H groups in total. The van der Waals surface area contributed by atoms with Gasteiger partial charge in [0.05, 0.1) is 11.0 Å². The Bertz CT molecular complexity index is 496. The Morgan fingerprint density at radius 3 is 2.76 bits per heavy atom. The highest BCUT2D eigenvalue weighted by Crippen LogP contribution is 1.98. The molecule has 0 fully saturated rings. The van der Waals surface area contributed by atoms with Crippen molar-refractivity contribution in [2.24, 2.45) is 12.8 Å². The summed E-state index contributed by atoms with van der Waals surface area (Å²) in [5.74, 6) is -0.345. The summed E-state index contributed by atoms with van der Waals surface area (Å²) in [5.41, 5.74) is 5.55. The number of aryl methyl sites for hydroxylation is 1. The van der Waals surface area contributed by atoms with Gasteiger partial charge in [-0.2, -0.15) is 0 Å². The molecule has 1 aromatic rings. The number of nitrogens with one attached hydrogen (secondary N) is 1. The molecule has 1 amide bonds. The number of pyridine rings is 1. The van der Waals surface area contributed by atoms with Crippen molar-refractivity contribution < 1.29 is 4.79 Å². The maximum absolute atomic E-state index is 11.8. The molecule has 0 spiro atoms. The van der Waals surface area contributed by atoms with Crippen LogP contribution >= 0.6 is 12.2 Å². The van der Waals surface area contributed by atoms with E-state index < -0.39 is 0 Å². The van der Waals surface area contributed by atoms with Gasteiger partial charge in [-0.3, -0.25) is 9.59 Å². The molecule has 0 aliphatic rings. The molecule has 0 saturated heterocycles. The van der Waals surface area contributed by atoms with E-state index in [-0.39, 0.29) is 22.5 Å². The van der Waals surface area contributed by atoms with Crippen LogP contribution in [0.3, 0.4) is 0 Å². The van der Waals surface area contributed by atoms with Gasteiger partial charge in [0.1, 0.15) is 0 Å². The Kier molecular flexibility index (Phi) is 4.39. The zero-order valence-corrected chi connectivity index (χ0v) is 10.6. The lowest BCUT2D eigenvalue weighted by atomic mass is 10.2. The fraction of sp³-hybridized carbons (Fsp3) is 0.364. The van der Waals surface area contributed by atoms with Crippen LogP contribution in [0.25, 0.3) is 0 Å². The van der Waals surface area contributed by atoms with Crippen molar-refractivity contribution in [3.8, 4) is 0 Å². The summed E-state index contributed by atoms with van der Waals surface area (Å²) in [6.45, 7) is 1.87. The second kappa shape index (κ2) is 5.58. The van der Waals surface area contributed by atoms with E-state index in [0.29, 0.717) is 12.0 Å². The number of hydrogen-bond donors (Lipinski definition) is 2. The predicted molar refractivity (Wildman–Crippen MR) is 70.0 cm³/mol. The van der Waals surface area contributed by atoms with Crippen LogP contribution in [-0.4, -0.2) is 21.5 Å². The Hall–Kier alpha value is -1.69. The molecule has 1 heterocycles.